The van der Waals surface area contributed by atoms with Gasteiger partial charge in [0.25, 0.3) is 0 Å². The van der Waals surface area contributed by atoms with Crippen LogP contribution in [0.4, 0.5) is 0 Å². The molecule has 76 heavy (non-hydrogen) atoms. The van der Waals surface area contributed by atoms with E-state index in [-0.39, 0.29) is 76.8 Å². The standard InChI is InChI=1S/C52H99N15O9/c1-2-3-4-5-6-7-8-9-10-22-37(68)35-44(69)61-36-45(70)62-39(28-21-34-60-52(57)58)47(72)64-43-27-15-20-33-59-46(71)38(23-11-16-29-53)63-48(73)40(24-12-17-30-54)65-49(74)41(25-13-18-31-55)66-50(75)42(67-51(43)76)26-14-19-32-56/h7-8,37-43,68H,2-6,9-36,53-56H2,1H3,(H,59,71)(H,61,69)(H,62,70)(H,63,73)(H,64,72)(H,65,74)(H,66,75)(H,67,76)(H4,57,58,60)/b8-7-/t37-,38?,39+,40-,41-,42?,43?/m1/s1. The van der Waals surface area contributed by atoms with Crippen molar-refractivity contribution in [3.05, 3.63) is 12.2 Å². The predicted octanol–water partition coefficient (Wildman–Crippen LogP) is -0.671. The molecule has 0 aromatic heterocycles. The molecule has 1 aliphatic rings. The minimum Gasteiger partial charge on any atom is -0.393 e. The smallest absolute Gasteiger partial charge is 0.243 e. The van der Waals surface area contributed by atoms with Crippen LogP contribution >= 0.6 is 0 Å². The first kappa shape index (κ1) is 68.6. The Balaban J connectivity index is 3.47. The monoisotopic (exact) mass is 1080 g/mol. The highest BCUT2D eigenvalue weighted by atomic mass is 16.3. The Morgan fingerprint density at radius 3 is 1.62 bits per heavy atom. The van der Waals surface area contributed by atoms with Gasteiger partial charge in [-0.1, -0.05) is 38.3 Å². The molecule has 0 radical (unpaired) electrons. The number of unbranched alkanes of at least 4 members (excludes halogenated alkanes) is 9. The number of hydrogen-bond donors (Lipinski definition) is 15. The summed E-state index contributed by atoms with van der Waals surface area (Å²) in [5.74, 6) is -5.27. The van der Waals surface area contributed by atoms with Gasteiger partial charge in [-0.25, -0.2) is 0 Å². The SMILES string of the molecule is CCCCCC/C=C\CCC[C@@H](O)CC(=O)NCC(=O)N[C@@H](CCCN=C(N)N)C(=O)NC1CCCCNC(=O)C(CCCCN)NC(=O)[C@@H](CCCCN)NC(=O)[C@@H](CCCCN)NC(=O)C(CCCCN)NC1=O. The molecule has 1 saturated heterocycles. The third-order valence-corrected chi connectivity index (χ3v) is 12.9. The largest absolute Gasteiger partial charge is 0.393 e. The number of carbonyl (C=O) groups excluding carboxylic acids is 8. The average Bonchev–Trinajstić information content (AvgIpc) is 3.38. The number of rotatable bonds is 36. The minimum atomic E-state index is -1.27. The van der Waals surface area contributed by atoms with Gasteiger partial charge in [0.2, 0.25) is 47.3 Å². The zero-order valence-corrected chi connectivity index (χ0v) is 45.7. The first-order valence-electron chi connectivity index (χ1n) is 28.1. The van der Waals surface area contributed by atoms with Gasteiger partial charge in [-0.2, -0.15) is 0 Å². The van der Waals surface area contributed by atoms with E-state index in [0.29, 0.717) is 96.8 Å². The first-order valence-corrected chi connectivity index (χ1v) is 28.1. The van der Waals surface area contributed by atoms with Crippen LogP contribution in [0.5, 0.6) is 0 Å². The van der Waals surface area contributed by atoms with Gasteiger partial charge in [-0.15, -0.1) is 0 Å². The van der Waals surface area contributed by atoms with E-state index in [9.17, 15) is 43.5 Å². The van der Waals surface area contributed by atoms with E-state index in [1.54, 1.807) is 0 Å². The number of aliphatic hydroxyl groups excluding tert-OH is 1. The number of nitrogens with one attached hydrogen (secondary N) is 8. The van der Waals surface area contributed by atoms with Crippen molar-refractivity contribution in [2.45, 2.75) is 216 Å². The topological polar surface area (TPSA) is 422 Å². The highest BCUT2D eigenvalue weighted by molar-refractivity contribution is 5.97. The summed E-state index contributed by atoms with van der Waals surface area (Å²) in [6.45, 7) is 3.28. The lowest BCUT2D eigenvalue weighted by Gasteiger charge is -2.28. The van der Waals surface area contributed by atoms with Gasteiger partial charge in [0.15, 0.2) is 5.96 Å². The fourth-order valence-electron chi connectivity index (χ4n) is 8.47. The molecule has 1 heterocycles. The number of amides is 8. The molecule has 1 rings (SSSR count). The Kier molecular flexibility index (Phi) is 39.4. The van der Waals surface area contributed by atoms with Crippen molar-refractivity contribution in [1.82, 2.24) is 42.5 Å². The van der Waals surface area contributed by atoms with Crippen molar-refractivity contribution in [3.63, 3.8) is 0 Å². The number of nitrogens with zero attached hydrogens (tertiary/aromatic N) is 1. The van der Waals surface area contributed by atoms with Crippen molar-refractivity contribution in [2.75, 3.05) is 45.8 Å². The molecule has 0 saturated carbocycles. The second kappa shape index (κ2) is 43.6. The van der Waals surface area contributed by atoms with E-state index < -0.39 is 96.2 Å². The van der Waals surface area contributed by atoms with Crippen molar-refractivity contribution in [1.29, 1.82) is 0 Å². The molecular weight excluding hydrogens is 979 g/mol. The van der Waals surface area contributed by atoms with Gasteiger partial charge in [-0.05, 0) is 167 Å². The van der Waals surface area contributed by atoms with Gasteiger partial charge < -0.3 is 82.0 Å². The van der Waals surface area contributed by atoms with Crippen LogP contribution in [0.3, 0.4) is 0 Å². The Bertz CT molecular complexity index is 1750. The third kappa shape index (κ3) is 32.9. The van der Waals surface area contributed by atoms with E-state index in [0.717, 1.165) is 19.3 Å². The molecule has 8 amide bonds. The Hall–Kier alpha value is -5.43. The highest BCUT2D eigenvalue weighted by Gasteiger charge is 2.33. The molecule has 7 atom stereocenters. The quantitative estimate of drug-likeness (QED) is 0.0160. The first-order chi connectivity index (χ1) is 36.6. The fourth-order valence-corrected chi connectivity index (χ4v) is 8.47. The normalized spacial score (nSPS) is 20.1. The van der Waals surface area contributed by atoms with Crippen LogP contribution < -0.4 is 76.9 Å². The highest BCUT2D eigenvalue weighted by Crippen LogP contribution is 2.13. The molecule has 0 aromatic carbocycles. The predicted molar refractivity (Wildman–Crippen MR) is 295 cm³/mol. The van der Waals surface area contributed by atoms with E-state index in [2.05, 4.69) is 66.6 Å². The van der Waals surface area contributed by atoms with Crippen molar-refractivity contribution < 1.29 is 43.5 Å². The molecule has 1 fully saturated rings. The zero-order chi connectivity index (χ0) is 56.4. The maximum Gasteiger partial charge on any atom is 0.243 e. The number of allylic oxidation sites excluding steroid dienone is 2. The van der Waals surface area contributed by atoms with Crippen molar-refractivity contribution in [2.24, 2.45) is 39.4 Å². The molecule has 0 spiro atoms. The molecule has 0 aliphatic carbocycles. The van der Waals surface area contributed by atoms with E-state index in [4.69, 9.17) is 34.4 Å². The third-order valence-electron chi connectivity index (χ3n) is 12.9. The minimum absolute atomic E-state index is 0.0170. The number of carbonyl (C=O) groups is 8. The van der Waals surface area contributed by atoms with Crippen LogP contribution in [-0.4, -0.2) is 146 Å². The Morgan fingerprint density at radius 1 is 0.618 bits per heavy atom. The van der Waals surface area contributed by atoms with Gasteiger partial charge in [-0.3, -0.25) is 43.3 Å². The van der Waals surface area contributed by atoms with Crippen molar-refractivity contribution >= 4 is 53.2 Å². The maximum absolute atomic E-state index is 14.4. The van der Waals surface area contributed by atoms with Crippen LogP contribution in [-0.2, 0) is 38.4 Å². The molecule has 3 unspecified atom stereocenters. The Morgan fingerprint density at radius 2 is 1.12 bits per heavy atom. The van der Waals surface area contributed by atoms with Crippen LogP contribution in [0.15, 0.2) is 17.1 Å². The summed E-state index contributed by atoms with van der Waals surface area (Å²) < 4.78 is 0. The molecule has 0 bridgehead atoms. The molecule has 0 aromatic rings. The molecule has 1 aliphatic heterocycles. The lowest BCUT2D eigenvalue weighted by molar-refractivity contribution is -0.135. The lowest BCUT2D eigenvalue weighted by Crippen LogP contribution is -2.59. The summed E-state index contributed by atoms with van der Waals surface area (Å²) >= 11 is 0. The van der Waals surface area contributed by atoms with Crippen LogP contribution in [0.2, 0.25) is 0 Å². The van der Waals surface area contributed by atoms with E-state index >= 15 is 0 Å². The molecule has 436 valence electrons. The summed E-state index contributed by atoms with van der Waals surface area (Å²) in [5, 5.41) is 32.5. The second-order valence-corrected chi connectivity index (χ2v) is 19.7. The van der Waals surface area contributed by atoms with Gasteiger partial charge in [0.05, 0.1) is 19.1 Å². The van der Waals surface area contributed by atoms with Gasteiger partial charge in [0, 0.05) is 13.1 Å². The number of guanidine groups is 1. The summed E-state index contributed by atoms with van der Waals surface area (Å²) in [6.07, 6.45) is 16.5. The van der Waals surface area contributed by atoms with Gasteiger partial charge >= 0.3 is 0 Å². The number of aliphatic imine (C=N–C) groups is 1. The van der Waals surface area contributed by atoms with E-state index in [1.807, 2.05) is 0 Å². The average molecular weight is 1080 g/mol. The van der Waals surface area contributed by atoms with Gasteiger partial charge in [0.1, 0.15) is 36.3 Å². The molecular formula is C52H99N15O9. The summed E-state index contributed by atoms with van der Waals surface area (Å²) in [7, 11) is 0. The van der Waals surface area contributed by atoms with E-state index in [1.165, 1.54) is 19.3 Å². The Labute approximate surface area is 451 Å². The maximum atomic E-state index is 14.4. The second-order valence-electron chi connectivity index (χ2n) is 19.7. The van der Waals surface area contributed by atoms with Crippen LogP contribution in [0.1, 0.15) is 174 Å². The summed E-state index contributed by atoms with van der Waals surface area (Å²) in [5.41, 5.74) is 34.1. The van der Waals surface area contributed by atoms with Crippen LogP contribution in [0, 0.1) is 0 Å². The molecule has 24 heteroatoms. The number of nitrogens with two attached hydrogens (primary N) is 6. The molecule has 24 nitrogen and oxygen atoms in total. The van der Waals surface area contributed by atoms with Crippen LogP contribution in [0.25, 0.3) is 0 Å². The number of hydrogen-bond acceptors (Lipinski definition) is 14. The zero-order valence-electron chi connectivity index (χ0n) is 45.7. The molecule has 21 N–H and O–H groups in total. The lowest BCUT2D eigenvalue weighted by atomic mass is 10.0. The summed E-state index contributed by atoms with van der Waals surface area (Å²) in [4.78, 5) is 115. The fraction of sp³-hybridized carbons (Fsp3) is 0.788. The number of aliphatic hydroxyl groups is 1. The van der Waals surface area contributed by atoms with Crippen molar-refractivity contribution in [3.8, 4) is 0 Å². The summed E-state index contributed by atoms with van der Waals surface area (Å²) in [6, 6.07) is -6.89.